The van der Waals surface area contributed by atoms with E-state index in [4.69, 9.17) is 9.47 Å². The molecule has 1 aromatic rings. The first kappa shape index (κ1) is 16.1. The molecular weight excluding hydrogens is 264 g/mol. The van der Waals surface area contributed by atoms with Crippen molar-refractivity contribution in [1.82, 2.24) is 10.2 Å². The Morgan fingerprint density at radius 1 is 1.10 bits per heavy atom. The second kappa shape index (κ2) is 7.66. The number of ether oxygens (including phenoxy) is 2. The minimum absolute atomic E-state index is 0.347. The van der Waals surface area contributed by atoms with Gasteiger partial charge in [-0.15, -0.1) is 0 Å². The summed E-state index contributed by atoms with van der Waals surface area (Å²) in [5.41, 5.74) is 1.31. The number of rotatable bonds is 8. The van der Waals surface area contributed by atoms with Gasteiger partial charge in [0.05, 0.1) is 0 Å². The highest BCUT2D eigenvalue weighted by Crippen LogP contribution is 2.32. The molecule has 0 saturated carbocycles. The van der Waals surface area contributed by atoms with Crippen LogP contribution in [0.3, 0.4) is 0 Å². The van der Waals surface area contributed by atoms with Gasteiger partial charge in [-0.25, -0.2) is 0 Å². The number of hydrogen-bond donors (Lipinski definition) is 1. The lowest BCUT2D eigenvalue weighted by atomic mass is 10.0. The van der Waals surface area contributed by atoms with Crippen LogP contribution < -0.4 is 14.8 Å². The zero-order chi connectivity index (χ0) is 15.2. The molecule has 0 radical (unpaired) electrons. The van der Waals surface area contributed by atoms with Crippen LogP contribution in [0.4, 0.5) is 0 Å². The third kappa shape index (κ3) is 5.21. The van der Waals surface area contributed by atoms with Crippen LogP contribution in [0.2, 0.25) is 0 Å². The van der Waals surface area contributed by atoms with Gasteiger partial charge in [0.2, 0.25) is 6.79 Å². The van der Waals surface area contributed by atoms with Crippen LogP contribution >= 0.6 is 0 Å². The van der Waals surface area contributed by atoms with Crippen molar-refractivity contribution < 1.29 is 9.47 Å². The molecule has 0 aromatic heterocycles. The topological polar surface area (TPSA) is 33.7 Å². The van der Waals surface area contributed by atoms with Crippen molar-refractivity contribution in [1.29, 1.82) is 0 Å². The zero-order valence-electron chi connectivity index (χ0n) is 13.7. The SMILES string of the molecule is CC(CCc1ccc2c(c1)OCO2)NC(C)CCN(C)C. The van der Waals surface area contributed by atoms with Gasteiger partial charge in [0, 0.05) is 12.1 Å². The number of aryl methyl sites for hydroxylation is 1. The van der Waals surface area contributed by atoms with Gasteiger partial charge >= 0.3 is 0 Å². The minimum Gasteiger partial charge on any atom is -0.454 e. The maximum Gasteiger partial charge on any atom is 0.231 e. The Labute approximate surface area is 128 Å². The predicted molar refractivity (Wildman–Crippen MR) is 86.1 cm³/mol. The van der Waals surface area contributed by atoms with E-state index < -0.39 is 0 Å². The number of benzene rings is 1. The summed E-state index contributed by atoms with van der Waals surface area (Å²) in [5, 5.41) is 3.68. The molecule has 1 aliphatic rings. The molecule has 0 amide bonds. The Morgan fingerprint density at radius 3 is 2.57 bits per heavy atom. The summed E-state index contributed by atoms with van der Waals surface area (Å²) < 4.78 is 10.8. The maximum absolute atomic E-state index is 5.42. The molecule has 0 bridgehead atoms. The van der Waals surface area contributed by atoms with Crippen molar-refractivity contribution in [3.63, 3.8) is 0 Å². The molecule has 2 unspecified atom stereocenters. The zero-order valence-corrected chi connectivity index (χ0v) is 13.7. The van der Waals surface area contributed by atoms with Gasteiger partial charge < -0.3 is 19.7 Å². The second-order valence-corrected chi connectivity index (χ2v) is 6.29. The quantitative estimate of drug-likeness (QED) is 0.799. The second-order valence-electron chi connectivity index (χ2n) is 6.29. The first-order chi connectivity index (χ1) is 10.0. The fraction of sp³-hybridized carbons (Fsp3) is 0.647. The van der Waals surface area contributed by atoms with Gasteiger partial charge in [-0.3, -0.25) is 0 Å². The summed E-state index contributed by atoms with van der Waals surface area (Å²) in [6, 6.07) is 7.32. The van der Waals surface area contributed by atoms with E-state index in [1.54, 1.807) is 0 Å². The largest absolute Gasteiger partial charge is 0.454 e. The van der Waals surface area contributed by atoms with Crippen LogP contribution in [0.5, 0.6) is 11.5 Å². The highest BCUT2D eigenvalue weighted by molar-refractivity contribution is 5.44. The summed E-state index contributed by atoms with van der Waals surface area (Å²) in [5.74, 6) is 1.75. The third-order valence-electron chi connectivity index (χ3n) is 3.88. The number of fused-ring (bicyclic) bond motifs is 1. The molecule has 2 atom stereocenters. The highest BCUT2D eigenvalue weighted by Gasteiger charge is 2.14. The smallest absolute Gasteiger partial charge is 0.231 e. The predicted octanol–water partition coefficient (Wildman–Crippen LogP) is 2.67. The highest BCUT2D eigenvalue weighted by atomic mass is 16.7. The van der Waals surface area contributed by atoms with Gasteiger partial charge in [-0.05, 0) is 71.4 Å². The van der Waals surface area contributed by atoms with Crippen LogP contribution in [0.15, 0.2) is 18.2 Å². The van der Waals surface area contributed by atoms with Crippen molar-refractivity contribution in [2.75, 3.05) is 27.4 Å². The van der Waals surface area contributed by atoms with Gasteiger partial charge in [0.25, 0.3) is 0 Å². The van der Waals surface area contributed by atoms with Crippen LogP contribution in [0, 0.1) is 0 Å². The van der Waals surface area contributed by atoms with Crippen LogP contribution in [-0.4, -0.2) is 44.4 Å². The summed E-state index contributed by atoms with van der Waals surface area (Å²) in [4.78, 5) is 2.23. The van der Waals surface area contributed by atoms with E-state index in [0.29, 0.717) is 18.9 Å². The summed E-state index contributed by atoms with van der Waals surface area (Å²) in [7, 11) is 4.24. The Balaban J connectivity index is 1.72. The molecule has 1 N–H and O–H groups in total. The molecule has 1 heterocycles. The van der Waals surface area contributed by atoms with Crippen LogP contribution in [0.1, 0.15) is 32.3 Å². The summed E-state index contributed by atoms with van der Waals surface area (Å²) in [6.45, 7) is 6.00. The summed E-state index contributed by atoms with van der Waals surface area (Å²) >= 11 is 0. The van der Waals surface area contributed by atoms with E-state index in [1.807, 2.05) is 6.07 Å². The first-order valence-corrected chi connectivity index (χ1v) is 7.84. The standard InChI is InChI=1S/C17H28N2O2/c1-13(18-14(2)9-10-19(3)4)5-6-15-7-8-16-17(11-15)21-12-20-16/h7-8,11,13-14,18H,5-6,9-10,12H2,1-4H3. The lowest BCUT2D eigenvalue weighted by Crippen LogP contribution is -2.36. The van der Waals surface area contributed by atoms with Crippen molar-refractivity contribution in [3.05, 3.63) is 23.8 Å². The monoisotopic (exact) mass is 292 g/mol. The molecule has 1 aliphatic heterocycles. The number of nitrogens with zero attached hydrogens (tertiary/aromatic N) is 1. The van der Waals surface area contributed by atoms with E-state index in [9.17, 15) is 0 Å². The lowest BCUT2D eigenvalue weighted by Gasteiger charge is -2.21. The van der Waals surface area contributed by atoms with Gasteiger partial charge in [0.15, 0.2) is 11.5 Å². The van der Waals surface area contributed by atoms with Gasteiger partial charge in [-0.2, -0.15) is 0 Å². The van der Waals surface area contributed by atoms with Gasteiger partial charge in [0.1, 0.15) is 0 Å². The Kier molecular flexibility index (Phi) is 5.88. The van der Waals surface area contributed by atoms with E-state index >= 15 is 0 Å². The molecule has 4 nitrogen and oxygen atoms in total. The lowest BCUT2D eigenvalue weighted by molar-refractivity contribution is 0.174. The Hall–Kier alpha value is -1.26. The first-order valence-electron chi connectivity index (χ1n) is 7.84. The van der Waals surface area contributed by atoms with Crippen molar-refractivity contribution >= 4 is 0 Å². The molecule has 0 fully saturated rings. The molecule has 0 spiro atoms. The third-order valence-corrected chi connectivity index (χ3v) is 3.88. The van der Waals surface area contributed by atoms with Crippen molar-refractivity contribution in [2.24, 2.45) is 0 Å². The van der Waals surface area contributed by atoms with E-state index in [2.05, 4.69) is 50.3 Å². The molecule has 4 heteroatoms. The molecular formula is C17H28N2O2. The normalized spacial score (nSPS) is 16.2. The van der Waals surface area contributed by atoms with E-state index in [0.717, 1.165) is 30.9 Å². The molecule has 21 heavy (non-hydrogen) atoms. The average molecular weight is 292 g/mol. The van der Waals surface area contributed by atoms with Gasteiger partial charge in [-0.1, -0.05) is 6.07 Å². The number of nitrogens with one attached hydrogen (secondary N) is 1. The molecule has 0 aliphatic carbocycles. The van der Waals surface area contributed by atoms with E-state index in [-0.39, 0.29) is 0 Å². The Bertz CT molecular complexity index is 448. The molecule has 1 aromatic carbocycles. The molecule has 2 rings (SSSR count). The fourth-order valence-electron chi connectivity index (χ4n) is 2.58. The molecule has 0 saturated heterocycles. The van der Waals surface area contributed by atoms with Crippen LogP contribution in [-0.2, 0) is 6.42 Å². The number of hydrogen-bond acceptors (Lipinski definition) is 4. The average Bonchev–Trinajstić information content (AvgIpc) is 2.90. The minimum atomic E-state index is 0.347. The Morgan fingerprint density at radius 2 is 1.81 bits per heavy atom. The van der Waals surface area contributed by atoms with Crippen molar-refractivity contribution in [3.8, 4) is 11.5 Å². The molecule has 118 valence electrons. The van der Waals surface area contributed by atoms with Crippen LogP contribution in [0.25, 0.3) is 0 Å². The summed E-state index contributed by atoms with van der Waals surface area (Å²) in [6.07, 6.45) is 3.37. The van der Waals surface area contributed by atoms with E-state index in [1.165, 1.54) is 12.0 Å². The maximum atomic E-state index is 5.42. The fourth-order valence-corrected chi connectivity index (χ4v) is 2.58. The van der Waals surface area contributed by atoms with Crippen molar-refractivity contribution in [2.45, 2.75) is 45.2 Å².